The highest BCUT2D eigenvalue weighted by Crippen LogP contribution is 2.35. The lowest BCUT2D eigenvalue weighted by Gasteiger charge is -2.29. The number of hydrogen-bond donors (Lipinski definition) is 0. The number of para-hydroxylation sites is 1. The van der Waals surface area contributed by atoms with Crippen LogP contribution >= 0.6 is 18.8 Å². The quantitative estimate of drug-likeness (QED) is 0.354. The van der Waals surface area contributed by atoms with Crippen LogP contribution in [0.1, 0.15) is 25.2 Å². The molecule has 33 heavy (non-hydrogen) atoms. The Balaban J connectivity index is 1.77. The summed E-state index contributed by atoms with van der Waals surface area (Å²) < 4.78 is 19.7. The molecule has 5 rings (SSSR count). The third kappa shape index (κ3) is 3.58. The molecule has 2 unspecified atom stereocenters. The summed E-state index contributed by atoms with van der Waals surface area (Å²) in [7, 11) is 5.21. The maximum Gasteiger partial charge on any atom is 0.269 e. The van der Waals surface area contributed by atoms with Crippen LogP contribution in [0.4, 0.5) is 10.2 Å². The Morgan fingerprint density at radius 2 is 1.88 bits per heavy atom. The molecule has 0 fully saturated rings. The predicted octanol–water partition coefficient (Wildman–Crippen LogP) is 4.05. The molecule has 3 heterocycles. The number of fused-ring (bicyclic) bond motifs is 2. The molecule has 0 saturated carbocycles. The minimum absolute atomic E-state index is 0.0403. The van der Waals surface area contributed by atoms with Gasteiger partial charge >= 0.3 is 0 Å². The van der Waals surface area contributed by atoms with Crippen LogP contribution in [0, 0.1) is 5.82 Å². The third-order valence-electron chi connectivity index (χ3n) is 5.49. The number of anilines is 1. The van der Waals surface area contributed by atoms with Gasteiger partial charge < -0.3 is 4.67 Å². The van der Waals surface area contributed by atoms with Gasteiger partial charge in [-0.15, -0.1) is 0 Å². The van der Waals surface area contributed by atoms with Crippen LogP contribution in [-0.4, -0.2) is 28.8 Å². The van der Waals surface area contributed by atoms with E-state index in [4.69, 9.17) is 4.98 Å². The van der Waals surface area contributed by atoms with Gasteiger partial charge in [-0.25, -0.2) is 24.3 Å². The molecule has 166 valence electrons. The smallest absolute Gasteiger partial charge is 0.269 e. The van der Waals surface area contributed by atoms with Crippen molar-refractivity contribution in [2.24, 2.45) is 0 Å². The van der Waals surface area contributed by atoms with E-state index in [2.05, 4.69) is 33.7 Å². The Bertz CT molecular complexity index is 1540. The first-order valence-electron chi connectivity index (χ1n) is 10.2. The number of benzene rings is 2. The van der Waals surface area contributed by atoms with Crippen molar-refractivity contribution in [2.75, 3.05) is 4.67 Å². The highest BCUT2D eigenvalue weighted by Gasteiger charge is 2.27. The summed E-state index contributed by atoms with van der Waals surface area (Å²) in [5.41, 5.74) is 1.72. The number of nitrogens with zero attached hydrogens (tertiary/aromatic N) is 7. The van der Waals surface area contributed by atoms with Crippen molar-refractivity contribution < 1.29 is 4.39 Å². The van der Waals surface area contributed by atoms with Crippen LogP contribution in [0.2, 0.25) is 0 Å². The van der Waals surface area contributed by atoms with Crippen molar-refractivity contribution in [1.29, 1.82) is 0 Å². The fraction of sp³-hybridized carbons (Fsp3) is 0.136. The number of halogens is 1. The second-order valence-corrected chi connectivity index (χ2v) is 8.55. The Morgan fingerprint density at radius 3 is 2.64 bits per heavy atom. The Labute approximate surface area is 193 Å². The van der Waals surface area contributed by atoms with E-state index in [1.54, 1.807) is 34.9 Å². The Morgan fingerprint density at radius 1 is 1.09 bits per heavy atom. The highest BCUT2D eigenvalue weighted by molar-refractivity contribution is 7.19. The van der Waals surface area contributed by atoms with Crippen LogP contribution in [0.25, 0.3) is 27.8 Å². The molecular weight excluding hydrogens is 459 g/mol. The highest BCUT2D eigenvalue weighted by atomic mass is 31.0. The van der Waals surface area contributed by atoms with Crippen LogP contribution in [0.5, 0.6) is 0 Å². The van der Waals surface area contributed by atoms with Crippen molar-refractivity contribution in [3.63, 3.8) is 0 Å². The van der Waals surface area contributed by atoms with Crippen LogP contribution in [-0.2, 0) is 0 Å². The van der Waals surface area contributed by atoms with Gasteiger partial charge in [0.15, 0.2) is 17.0 Å². The van der Waals surface area contributed by atoms with Gasteiger partial charge in [0.05, 0.1) is 17.2 Å². The first kappa shape index (κ1) is 21.6. The van der Waals surface area contributed by atoms with Gasteiger partial charge in [0.2, 0.25) is 0 Å². The summed E-state index contributed by atoms with van der Waals surface area (Å²) in [4.78, 5) is 31.5. The summed E-state index contributed by atoms with van der Waals surface area (Å²) in [5, 5.41) is -0.0403. The summed E-state index contributed by atoms with van der Waals surface area (Å²) in [6, 6.07) is 13.2. The maximum atomic E-state index is 14.7. The van der Waals surface area contributed by atoms with Crippen molar-refractivity contribution in [3.05, 3.63) is 83.2 Å². The molecule has 2 aromatic carbocycles. The molecule has 0 amide bonds. The topological polar surface area (TPSA) is 81.7 Å². The predicted molar refractivity (Wildman–Crippen MR) is 133 cm³/mol. The molecule has 3 aromatic heterocycles. The summed E-state index contributed by atoms with van der Waals surface area (Å²) >= 11 is 0. The zero-order valence-electron chi connectivity index (χ0n) is 17.6. The van der Waals surface area contributed by atoms with E-state index in [1.807, 2.05) is 29.8 Å². The molecule has 8 nitrogen and oxygen atoms in total. The first-order valence-corrected chi connectivity index (χ1v) is 11.3. The molecule has 0 aliphatic rings. The number of hydrogen-bond acceptors (Lipinski definition) is 6. The van der Waals surface area contributed by atoms with Gasteiger partial charge in [-0.1, -0.05) is 31.2 Å². The molecule has 0 bridgehead atoms. The summed E-state index contributed by atoms with van der Waals surface area (Å²) in [5.74, 6) is 0.450. The lowest BCUT2D eigenvalue weighted by Crippen LogP contribution is -2.31. The SMILES string of the molecule is CC[C@@H](c1nc2cccc(F)c2c(=O)n1-c1ccccc1)N(P)c1ncnc2c1ncn2P. The van der Waals surface area contributed by atoms with Crippen molar-refractivity contribution in [1.82, 2.24) is 28.8 Å². The fourth-order valence-electron chi connectivity index (χ4n) is 3.94. The number of imidazole rings is 1. The van der Waals surface area contributed by atoms with Crippen molar-refractivity contribution in [3.8, 4) is 5.69 Å². The number of rotatable bonds is 5. The second-order valence-electron chi connectivity index (χ2n) is 7.43. The van der Waals surface area contributed by atoms with Crippen LogP contribution in [0.15, 0.2) is 66.0 Å². The average Bonchev–Trinajstić information content (AvgIpc) is 3.21. The van der Waals surface area contributed by atoms with E-state index in [0.29, 0.717) is 40.4 Å². The minimum Gasteiger partial charge on any atom is -0.329 e. The zero-order chi connectivity index (χ0) is 23.1. The minimum atomic E-state index is -0.597. The van der Waals surface area contributed by atoms with Gasteiger partial charge in [0.1, 0.15) is 29.7 Å². The maximum absolute atomic E-state index is 14.7. The van der Waals surface area contributed by atoms with E-state index >= 15 is 0 Å². The van der Waals surface area contributed by atoms with E-state index in [1.165, 1.54) is 17.0 Å². The fourth-order valence-corrected chi connectivity index (χ4v) is 4.73. The monoisotopic (exact) mass is 479 g/mol. The number of aromatic nitrogens is 6. The second kappa shape index (κ2) is 8.58. The molecule has 11 heteroatoms. The molecule has 0 saturated heterocycles. The molecule has 0 aliphatic carbocycles. The Kier molecular flexibility index (Phi) is 5.60. The molecule has 0 N–H and O–H groups in total. The standard InChI is InChI=1S/C22H20FN7OP2/c1-2-16(30(33)21-18-20(24-11-25-21)28(32)12-26-18)19-27-15-10-6-9-14(23)17(15)22(31)29(19)13-7-4-3-5-8-13/h3-12,16H,2,32-33H2,1H3/t16-/m0/s1. The van der Waals surface area contributed by atoms with Gasteiger partial charge in [-0.3, -0.25) is 13.7 Å². The van der Waals surface area contributed by atoms with E-state index < -0.39 is 11.4 Å². The lowest BCUT2D eigenvalue weighted by atomic mass is 10.1. The Hall–Kier alpha value is -3.28. The molecular formula is C22H20FN7OP2. The normalized spacial score (nSPS) is 12.4. The molecule has 0 aliphatic heterocycles. The summed E-state index contributed by atoms with van der Waals surface area (Å²) in [6.07, 6.45) is 3.71. The molecule has 3 atom stereocenters. The average molecular weight is 479 g/mol. The van der Waals surface area contributed by atoms with E-state index in [0.717, 1.165) is 0 Å². The molecule has 0 spiro atoms. The summed E-state index contributed by atoms with van der Waals surface area (Å²) in [6.45, 7) is 1.99. The molecule has 5 aromatic rings. The third-order valence-corrected chi connectivity index (χ3v) is 6.47. The van der Waals surface area contributed by atoms with Crippen molar-refractivity contribution >= 4 is 46.7 Å². The van der Waals surface area contributed by atoms with Crippen LogP contribution in [0.3, 0.4) is 0 Å². The lowest BCUT2D eigenvalue weighted by molar-refractivity contribution is 0.617. The largest absolute Gasteiger partial charge is 0.329 e. The zero-order valence-corrected chi connectivity index (χ0v) is 19.9. The van der Waals surface area contributed by atoms with Crippen LogP contribution < -0.4 is 10.2 Å². The van der Waals surface area contributed by atoms with E-state index in [-0.39, 0.29) is 11.4 Å². The first-order chi connectivity index (χ1) is 16.0. The van der Waals surface area contributed by atoms with Gasteiger partial charge in [0.25, 0.3) is 5.56 Å². The molecule has 0 radical (unpaired) electrons. The van der Waals surface area contributed by atoms with Crippen molar-refractivity contribution in [2.45, 2.75) is 19.4 Å². The van der Waals surface area contributed by atoms with Gasteiger partial charge in [0, 0.05) is 0 Å². The van der Waals surface area contributed by atoms with E-state index in [9.17, 15) is 9.18 Å². The van der Waals surface area contributed by atoms with Gasteiger partial charge in [-0.2, -0.15) is 0 Å². The van der Waals surface area contributed by atoms with Gasteiger partial charge in [-0.05, 0) is 49.5 Å².